The Kier molecular flexibility index (Phi) is 8.87. The fraction of sp³-hybridized carbons (Fsp3) is 0.259. The van der Waals surface area contributed by atoms with E-state index < -0.39 is 5.97 Å². The summed E-state index contributed by atoms with van der Waals surface area (Å²) in [5, 5.41) is 5.13. The predicted molar refractivity (Wildman–Crippen MR) is 137 cm³/mol. The van der Waals surface area contributed by atoms with Gasteiger partial charge in [0.05, 0.1) is 20.3 Å². The highest BCUT2D eigenvalue weighted by molar-refractivity contribution is 7.15. The normalized spacial score (nSPS) is 10.8. The molecule has 0 unspecified atom stereocenters. The minimum atomic E-state index is -0.467. The number of amides is 1. The number of aryl methyl sites for hydroxylation is 1. The third-order valence-electron chi connectivity index (χ3n) is 4.95. The van der Waals surface area contributed by atoms with Gasteiger partial charge in [-0.1, -0.05) is 42.8 Å². The van der Waals surface area contributed by atoms with Crippen LogP contribution in [-0.4, -0.2) is 32.2 Å². The molecule has 2 aromatic carbocycles. The summed E-state index contributed by atoms with van der Waals surface area (Å²) in [4.78, 5) is 25.4. The van der Waals surface area contributed by atoms with Crippen molar-refractivity contribution in [3.63, 3.8) is 0 Å². The van der Waals surface area contributed by atoms with Crippen LogP contribution >= 0.6 is 11.3 Å². The molecular weight excluding hydrogens is 450 g/mol. The number of benzene rings is 2. The summed E-state index contributed by atoms with van der Waals surface area (Å²) in [6, 6.07) is 13.3. The molecule has 1 aromatic heterocycles. The molecule has 0 saturated heterocycles. The van der Waals surface area contributed by atoms with Crippen LogP contribution in [0.3, 0.4) is 0 Å². The zero-order chi connectivity index (χ0) is 24.5. The van der Waals surface area contributed by atoms with Gasteiger partial charge in [-0.3, -0.25) is 4.79 Å². The standard InChI is InChI=1S/C27H29NO5S/c1-5-15-33-22-13-9-19(16-23(22)31-4)10-14-24(29)28-26-25(27(30)32-6-2)21(17-34-26)20-11-7-18(3)8-12-20/h7-14,16-17H,5-6,15H2,1-4H3,(H,28,29)/b14-10+. The van der Waals surface area contributed by atoms with Gasteiger partial charge in [-0.2, -0.15) is 0 Å². The van der Waals surface area contributed by atoms with Crippen molar-refractivity contribution in [3.8, 4) is 22.6 Å². The van der Waals surface area contributed by atoms with Crippen LogP contribution in [0.1, 0.15) is 41.8 Å². The highest BCUT2D eigenvalue weighted by Crippen LogP contribution is 2.36. The molecule has 0 spiro atoms. The lowest BCUT2D eigenvalue weighted by molar-refractivity contribution is -0.111. The van der Waals surface area contributed by atoms with Crippen LogP contribution in [0.2, 0.25) is 0 Å². The largest absolute Gasteiger partial charge is 0.493 e. The second-order valence-electron chi connectivity index (χ2n) is 7.52. The Morgan fingerprint density at radius 2 is 1.82 bits per heavy atom. The van der Waals surface area contributed by atoms with Gasteiger partial charge in [-0.25, -0.2) is 4.79 Å². The van der Waals surface area contributed by atoms with Crippen LogP contribution in [-0.2, 0) is 9.53 Å². The van der Waals surface area contributed by atoms with E-state index in [1.807, 2.05) is 55.6 Å². The van der Waals surface area contributed by atoms with E-state index in [0.29, 0.717) is 28.7 Å². The third-order valence-corrected chi connectivity index (χ3v) is 5.84. The smallest absolute Gasteiger partial charge is 0.341 e. The van der Waals surface area contributed by atoms with Crippen molar-refractivity contribution in [3.05, 3.63) is 70.6 Å². The molecule has 0 fully saturated rings. The number of carbonyl (C=O) groups excluding carboxylic acids is 2. The van der Waals surface area contributed by atoms with Crippen molar-refractivity contribution in [2.45, 2.75) is 27.2 Å². The molecule has 1 N–H and O–H groups in total. The molecule has 1 amide bonds. The molecule has 0 atom stereocenters. The Morgan fingerprint density at radius 1 is 1.06 bits per heavy atom. The number of hydrogen-bond acceptors (Lipinski definition) is 6. The van der Waals surface area contributed by atoms with E-state index in [2.05, 4.69) is 5.32 Å². The molecule has 0 aliphatic carbocycles. The fourth-order valence-corrected chi connectivity index (χ4v) is 4.21. The molecular formula is C27H29NO5S. The van der Waals surface area contributed by atoms with Gasteiger partial charge in [-0.15, -0.1) is 11.3 Å². The lowest BCUT2D eigenvalue weighted by Gasteiger charge is -2.10. The molecule has 0 aliphatic rings. The van der Waals surface area contributed by atoms with Gasteiger partial charge in [0.2, 0.25) is 5.91 Å². The van der Waals surface area contributed by atoms with Gasteiger partial charge in [-0.05, 0) is 49.6 Å². The van der Waals surface area contributed by atoms with E-state index in [0.717, 1.165) is 28.7 Å². The van der Waals surface area contributed by atoms with Crippen LogP contribution in [0, 0.1) is 6.92 Å². The van der Waals surface area contributed by atoms with Gasteiger partial charge in [0.15, 0.2) is 11.5 Å². The van der Waals surface area contributed by atoms with Gasteiger partial charge < -0.3 is 19.5 Å². The highest BCUT2D eigenvalue weighted by Gasteiger charge is 2.22. The van der Waals surface area contributed by atoms with Crippen LogP contribution in [0.4, 0.5) is 5.00 Å². The first-order chi connectivity index (χ1) is 16.5. The summed E-state index contributed by atoms with van der Waals surface area (Å²) in [6.07, 6.45) is 3.99. The fourth-order valence-electron chi connectivity index (χ4n) is 3.25. The number of nitrogens with one attached hydrogen (secondary N) is 1. The number of ether oxygens (including phenoxy) is 3. The van der Waals surface area contributed by atoms with Crippen LogP contribution in [0.15, 0.2) is 53.9 Å². The predicted octanol–water partition coefficient (Wildman–Crippen LogP) is 6.35. The van der Waals surface area contributed by atoms with Crippen LogP contribution < -0.4 is 14.8 Å². The van der Waals surface area contributed by atoms with Crippen molar-refractivity contribution >= 4 is 34.3 Å². The quantitative estimate of drug-likeness (QED) is 0.271. The SMILES string of the molecule is CCCOc1ccc(/C=C/C(=O)Nc2scc(-c3ccc(C)cc3)c2C(=O)OCC)cc1OC. The summed E-state index contributed by atoms with van der Waals surface area (Å²) in [6.45, 7) is 6.64. The van der Waals surface area contributed by atoms with Crippen LogP contribution in [0.25, 0.3) is 17.2 Å². The van der Waals surface area contributed by atoms with Crippen molar-refractivity contribution in [1.29, 1.82) is 0 Å². The molecule has 0 bridgehead atoms. The molecule has 0 saturated carbocycles. The maximum atomic E-state index is 12.7. The Hall–Kier alpha value is -3.58. The van der Waals surface area contributed by atoms with Crippen molar-refractivity contribution in [2.75, 3.05) is 25.6 Å². The van der Waals surface area contributed by atoms with E-state index in [4.69, 9.17) is 14.2 Å². The monoisotopic (exact) mass is 479 g/mol. The van der Waals surface area contributed by atoms with E-state index in [9.17, 15) is 9.59 Å². The average Bonchev–Trinajstić information content (AvgIpc) is 3.25. The summed E-state index contributed by atoms with van der Waals surface area (Å²) >= 11 is 1.29. The molecule has 178 valence electrons. The topological polar surface area (TPSA) is 73.9 Å². The maximum Gasteiger partial charge on any atom is 0.341 e. The summed E-state index contributed by atoms with van der Waals surface area (Å²) in [7, 11) is 1.58. The number of hydrogen-bond donors (Lipinski definition) is 1. The summed E-state index contributed by atoms with van der Waals surface area (Å²) in [5.74, 6) is 0.438. The van der Waals surface area contributed by atoms with Gasteiger partial charge >= 0.3 is 5.97 Å². The van der Waals surface area contributed by atoms with Gasteiger partial charge in [0.1, 0.15) is 10.6 Å². The number of carbonyl (C=O) groups is 2. The second-order valence-corrected chi connectivity index (χ2v) is 8.40. The molecule has 3 aromatic rings. The number of anilines is 1. The summed E-state index contributed by atoms with van der Waals surface area (Å²) < 4.78 is 16.3. The molecule has 0 aliphatic heterocycles. The summed E-state index contributed by atoms with van der Waals surface area (Å²) in [5.41, 5.74) is 3.88. The van der Waals surface area contributed by atoms with E-state index in [-0.39, 0.29) is 12.5 Å². The Morgan fingerprint density at radius 3 is 2.50 bits per heavy atom. The van der Waals surface area contributed by atoms with Crippen molar-refractivity contribution in [1.82, 2.24) is 0 Å². The lowest BCUT2D eigenvalue weighted by atomic mass is 10.0. The maximum absolute atomic E-state index is 12.7. The Labute approximate surface area is 204 Å². The highest BCUT2D eigenvalue weighted by atomic mass is 32.1. The molecule has 6 nitrogen and oxygen atoms in total. The molecule has 0 radical (unpaired) electrons. The molecule has 7 heteroatoms. The molecule has 1 heterocycles. The van der Waals surface area contributed by atoms with E-state index in [1.54, 1.807) is 26.2 Å². The first-order valence-corrected chi connectivity index (χ1v) is 12.0. The number of thiophene rings is 1. The number of rotatable bonds is 10. The van der Waals surface area contributed by atoms with E-state index >= 15 is 0 Å². The zero-order valence-corrected chi connectivity index (χ0v) is 20.7. The van der Waals surface area contributed by atoms with E-state index in [1.165, 1.54) is 17.4 Å². The number of esters is 1. The van der Waals surface area contributed by atoms with Crippen molar-refractivity contribution < 1.29 is 23.8 Å². The Balaban J connectivity index is 1.81. The Bertz CT molecular complexity index is 1160. The first-order valence-electron chi connectivity index (χ1n) is 11.1. The minimum absolute atomic E-state index is 0.245. The average molecular weight is 480 g/mol. The van der Waals surface area contributed by atoms with Crippen molar-refractivity contribution in [2.24, 2.45) is 0 Å². The third kappa shape index (κ3) is 6.26. The molecule has 34 heavy (non-hydrogen) atoms. The first kappa shape index (κ1) is 25.1. The van der Waals surface area contributed by atoms with Gasteiger partial charge in [0.25, 0.3) is 0 Å². The second kappa shape index (κ2) is 12.0. The number of methoxy groups -OCH3 is 1. The lowest BCUT2D eigenvalue weighted by Crippen LogP contribution is -2.12. The van der Waals surface area contributed by atoms with Gasteiger partial charge in [0, 0.05) is 17.0 Å². The minimum Gasteiger partial charge on any atom is -0.493 e. The zero-order valence-electron chi connectivity index (χ0n) is 19.8. The van der Waals surface area contributed by atoms with Crippen LogP contribution in [0.5, 0.6) is 11.5 Å². The molecule has 3 rings (SSSR count).